The number of para-hydroxylation sites is 1. The number of ether oxygens (including phenoxy) is 1. The van der Waals surface area contributed by atoms with E-state index in [1.807, 2.05) is 31.2 Å². The first-order valence-corrected chi connectivity index (χ1v) is 6.68. The molecule has 0 saturated heterocycles. The van der Waals surface area contributed by atoms with Crippen LogP contribution >= 0.6 is 0 Å². The molecule has 1 atom stereocenters. The second-order valence-electron chi connectivity index (χ2n) is 4.77. The summed E-state index contributed by atoms with van der Waals surface area (Å²) < 4.78 is 5.56. The van der Waals surface area contributed by atoms with Crippen LogP contribution in [0.1, 0.15) is 22.8 Å². The summed E-state index contributed by atoms with van der Waals surface area (Å²) in [6, 6.07) is 14.3. The van der Waals surface area contributed by atoms with Crippen molar-refractivity contribution in [3.63, 3.8) is 0 Å². The summed E-state index contributed by atoms with van der Waals surface area (Å²) in [4.78, 5) is 23.0. The first kappa shape index (κ1) is 14.8. The Morgan fingerprint density at radius 3 is 2.67 bits per heavy atom. The maximum atomic E-state index is 12.1. The van der Waals surface area contributed by atoms with Crippen molar-refractivity contribution in [1.29, 1.82) is 0 Å². The van der Waals surface area contributed by atoms with Gasteiger partial charge in [-0.25, -0.2) is 0 Å². The maximum absolute atomic E-state index is 12.1. The number of anilines is 1. The Labute approximate surface area is 123 Å². The molecule has 0 bridgehead atoms. The highest BCUT2D eigenvalue weighted by atomic mass is 16.5. The average molecular weight is 283 g/mol. The van der Waals surface area contributed by atoms with Crippen molar-refractivity contribution < 1.29 is 14.3 Å². The number of rotatable bonds is 5. The Kier molecular flexibility index (Phi) is 4.72. The van der Waals surface area contributed by atoms with Crippen molar-refractivity contribution in [3.8, 4) is 5.75 Å². The van der Waals surface area contributed by atoms with Crippen LogP contribution in [0, 0.1) is 6.92 Å². The van der Waals surface area contributed by atoms with Crippen molar-refractivity contribution in [2.45, 2.75) is 20.0 Å². The van der Waals surface area contributed by atoms with Crippen molar-refractivity contribution in [2.75, 3.05) is 5.32 Å². The van der Waals surface area contributed by atoms with Gasteiger partial charge in [-0.2, -0.15) is 0 Å². The van der Waals surface area contributed by atoms with Gasteiger partial charge in [0.25, 0.3) is 5.91 Å². The maximum Gasteiger partial charge on any atom is 0.265 e. The standard InChI is InChI=1S/C17H17NO3/c1-12-6-5-8-15(10-12)18-17(20)13(2)21-16-9-4-3-7-14(16)11-19/h3-11,13H,1-2H3,(H,18,20)/t13-/m0/s1. The minimum Gasteiger partial charge on any atom is -0.480 e. The molecule has 21 heavy (non-hydrogen) atoms. The van der Waals surface area contributed by atoms with E-state index in [9.17, 15) is 9.59 Å². The first-order valence-electron chi connectivity index (χ1n) is 6.68. The van der Waals surface area contributed by atoms with Gasteiger partial charge in [-0.15, -0.1) is 0 Å². The molecule has 0 fully saturated rings. The molecule has 2 aromatic carbocycles. The summed E-state index contributed by atoms with van der Waals surface area (Å²) in [6.45, 7) is 3.60. The van der Waals surface area contributed by atoms with E-state index in [2.05, 4.69) is 5.32 Å². The number of hydrogen-bond acceptors (Lipinski definition) is 3. The zero-order valence-electron chi connectivity index (χ0n) is 12.0. The van der Waals surface area contributed by atoms with Crippen LogP contribution in [-0.4, -0.2) is 18.3 Å². The third-order valence-corrected chi connectivity index (χ3v) is 3.00. The zero-order chi connectivity index (χ0) is 15.2. The molecule has 0 aliphatic rings. The molecule has 1 N–H and O–H groups in total. The normalized spacial score (nSPS) is 11.5. The van der Waals surface area contributed by atoms with E-state index in [-0.39, 0.29) is 5.91 Å². The lowest BCUT2D eigenvalue weighted by atomic mass is 10.2. The third-order valence-electron chi connectivity index (χ3n) is 3.00. The number of hydrogen-bond donors (Lipinski definition) is 1. The number of aryl methyl sites for hydroxylation is 1. The van der Waals surface area contributed by atoms with Crippen molar-refractivity contribution in [1.82, 2.24) is 0 Å². The molecule has 4 nitrogen and oxygen atoms in total. The SMILES string of the molecule is Cc1cccc(NC(=O)[C@H](C)Oc2ccccc2C=O)c1. The molecule has 1 amide bonds. The molecule has 0 unspecified atom stereocenters. The van der Waals surface area contributed by atoms with Crippen LogP contribution in [0.5, 0.6) is 5.75 Å². The van der Waals surface area contributed by atoms with Crippen LogP contribution in [0.15, 0.2) is 48.5 Å². The molecular formula is C17H17NO3. The van der Waals surface area contributed by atoms with Crippen molar-refractivity contribution >= 4 is 17.9 Å². The largest absolute Gasteiger partial charge is 0.480 e. The Morgan fingerprint density at radius 2 is 1.95 bits per heavy atom. The minimum atomic E-state index is -0.702. The quantitative estimate of drug-likeness (QED) is 0.857. The molecule has 0 aliphatic heterocycles. The zero-order valence-corrected chi connectivity index (χ0v) is 12.0. The van der Waals surface area contributed by atoms with E-state index in [0.717, 1.165) is 11.3 Å². The Morgan fingerprint density at radius 1 is 1.19 bits per heavy atom. The van der Waals surface area contributed by atoms with Crippen molar-refractivity contribution in [3.05, 3.63) is 59.7 Å². The first-order chi connectivity index (χ1) is 10.1. The fraction of sp³-hybridized carbons (Fsp3) is 0.176. The number of nitrogens with one attached hydrogen (secondary N) is 1. The number of benzene rings is 2. The lowest BCUT2D eigenvalue weighted by molar-refractivity contribution is -0.122. The smallest absolute Gasteiger partial charge is 0.265 e. The monoisotopic (exact) mass is 283 g/mol. The van der Waals surface area contributed by atoms with E-state index < -0.39 is 6.10 Å². The molecule has 0 aromatic heterocycles. The molecule has 4 heteroatoms. The van der Waals surface area contributed by atoms with Gasteiger partial charge in [0.2, 0.25) is 0 Å². The van der Waals surface area contributed by atoms with E-state index in [1.54, 1.807) is 31.2 Å². The predicted octanol–water partition coefficient (Wildman–Crippen LogP) is 3.21. The molecular weight excluding hydrogens is 266 g/mol. The Bertz CT molecular complexity index is 652. The van der Waals surface area contributed by atoms with Crippen LogP contribution in [0.4, 0.5) is 5.69 Å². The van der Waals surface area contributed by atoms with Gasteiger partial charge in [0, 0.05) is 5.69 Å². The van der Waals surface area contributed by atoms with Gasteiger partial charge in [-0.1, -0.05) is 24.3 Å². The average Bonchev–Trinajstić information content (AvgIpc) is 2.47. The summed E-state index contributed by atoms with van der Waals surface area (Å²) in [7, 11) is 0. The van der Waals surface area contributed by atoms with Gasteiger partial charge in [-0.05, 0) is 43.7 Å². The van der Waals surface area contributed by atoms with Crippen LogP contribution in [0.2, 0.25) is 0 Å². The van der Waals surface area contributed by atoms with Crippen LogP contribution in [0.25, 0.3) is 0 Å². The lowest BCUT2D eigenvalue weighted by Gasteiger charge is -2.16. The summed E-state index contributed by atoms with van der Waals surface area (Å²) in [5.74, 6) is 0.140. The molecule has 0 radical (unpaired) electrons. The predicted molar refractivity (Wildman–Crippen MR) is 81.7 cm³/mol. The van der Waals surface area contributed by atoms with Gasteiger partial charge in [-0.3, -0.25) is 9.59 Å². The highest BCUT2D eigenvalue weighted by Crippen LogP contribution is 2.18. The van der Waals surface area contributed by atoms with Gasteiger partial charge >= 0.3 is 0 Å². The fourth-order valence-corrected chi connectivity index (χ4v) is 1.90. The molecule has 0 spiro atoms. The van der Waals surface area contributed by atoms with Gasteiger partial charge in [0.15, 0.2) is 12.4 Å². The molecule has 0 heterocycles. The van der Waals surface area contributed by atoms with Crippen molar-refractivity contribution in [2.24, 2.45) is 0 Å². The topological polar surface area (TPSA) is 55.4 Å². The van der Waals surface area contributed by atoms with E-state index >= 15 is 0 Å². The van der Waals surface area contributed by atoms with E-state index in [4.69, 9.17) is 4.74 Å². The molecule has 2 rings (SSSR count). The Balaban J connectivity index is 2.04. The minimum absolute atomic E-state index is 0.263. The molecule has 108 valence electrons. The summed E-state index contributed by atoms with van der Waals surface area (Å²) in [6.07, 6.45) is 0.00663. The fourth-order valence-electron chi connectivity index (χ4n) is 1.90. The van der Waals surface area contributed by atoms with E-state index in [0.29, 0.717) is 17.6 Å². The summed E-state index contributed by atoms with van der Waals surface area (Å²) in [5.41, 5.74) is 2.21. The number of aldehydes is 1. The highest BCUT2D eigenvalue weighted by Gasteiger charge is 2.16. The van der Waals surface area contributed by atoms with Crippen LogP contribution in [-0.2, 0) is 4.79 Å². The van der Waals surface area contributed by atoms with Gasteiger partial charge < -0.3 is 10.1 Å². The third kappa shape index (κ3) is 3.92. The highest BCUT2D eigenvalue weighted by molar-refractivity contribution is 5.94. The molecule has 0 aliphatic carbocycles. The number of amides is 1. The van der Waals surface area contributed by atoms with Crippen LogP contribution < -0.4 is 10.1 Å². The summed E-state index contributed by atoms with van der Waals surface area (Å²) >= 11 is 0. The van der Waals surface area contributed by atoms with Crippen LogP contribution in [0.3, 0.4) is 0 Å². The lowest BCUT2D eigenvalue weighted by Crippen LogP contribution is -2.30. The summed E-state index contributed by atoms with van der Waals surface area (Å²) in [5, 5.41) is 2.79. The van der Waals surface area contributed by atoms with E-state index in [1.165, 1.54) is 0 Å². The molecule has 2 aromatic rings. The molecule has 0 saturated carbocycles. The Hall–Kier alpha value is -2.62. The number of carbonyl (C=O) groups excluding carboxylic acids is 2. The number of carbonyl (C=O) groups is 2. The van der Waals surface area contributed by atoms with Gasteiger partial charge in [0.1, 0.15) is 5.75 Å². The second kappa shape index (κ2) is 6.70. The van der Waals surface area contributed by atoms with Gasteiger partial charge in [0.05, 0.1) is 5.56 Å². The second-order valence-corrected chi connectivity index (χ2v) is 4.77.